The zero-order chi connectivity index (χ0) is 18.0. The molecule has 1 aromatic carbocycles. The number of rotatable bonds is 5. The van der Waals surface area contributed by atoms with Crippen LogP contribution < -0.4 is 5.73 Å². The number of aromatic nitrogens is 2. The third-order valence-electron chi connectivity index (χ3n) is 4.47. The number of primary amides is 1. The SMILES string of the molecule is Cc1cc(C)n(C[C@@H]2CN([C@H](C(N)=O)c3ccc(F)cc3)CCO2)n1. The summed E-state index contributed by atoms with van der Waals surface area (Å²) in [4.78, 5) is 14.0. The van der Waals surface area contributed by atoms with Crippen molar-refractivity contribution in [1.29, 1.82) is 0 Å². The van der Waals surface area contributed by atoms with Gasteiger partial charge in [0.05, 0.1) is 24.9 Å². The van der Waals surface area contributed by atoms with Gasteiger partial charge >= 0.3 is 0 Å². The highest BCUT2D eigenvalue weighted by atomic mass is 19.1. The van der Waals surface area contributed by atoms with Crippen molar-refractivity contribution in [3.05, 3.63) is 53.1 Å². The van der Waals surface area contributed by atoms with Crippen molar-refractivity contribution >= 4 is 5.91 Å². The van der Waals surface area contributed by atoms with E-state index in [4.69, 9.17) is 10.5 Å². The number of hydrogen-bond acceptors (Lipinski definition) is 4. The van der Waals surface area contributed by atoms with Crippen molar-refractivity contribution < 1.29 is 13.9 Å². The molecule has 0 radical (unpaired) electrons. The summed E-state index contributed by atoms with van der Waals surface area (Å²) < 4.78 is 20.9. The Balaban J connectivity index is 1.75. The molecule has 0 spiro atoms. The van der Waals surface area contributed by atoms with Gasteiger partial charge in [-0.2, -0.15) is 5.10 Å². The number of aryl methyl sites for hydroxylation is 2. The number of ether oxygens (including phenoxy) is 1. The number of halogens is 1. The number of morpholine rings is 1. The molecule has 2 atom stereocenters. The first-order valence-corrected chi connectivity index (χ1v) is 8.35. The molecule has 0 bridgehead atoms. The highest BCUT2D eigenvalue weighted by Gasteiger charge is 2.31. The molecular formula is C18H23FN4O2. The van der Waals surface area contributed by atoms with Gasteiger partial charge in [0.1, 0.15) is 11.9 Å². The Hall–Kier alpha value is -2.25. The molecule has 3 rings (SSSR count). The second-order valence-electron chi connectivity index (χ2n) is 6.45. The van der Waals surface area contributed by atoms with E-state index in [9.17, 15) is 9.18 Å². The number of benzene rings is 1. The molecule has 0 unspecified atom stereocenters. The van der Waals surface area contributed by atoms with Crippen molar-refractivity contribution in [2.24, 2.45) is 5.73 Å². The number of amides is 1. The summed E-state index contributed by atoms with van der Waals surface area (Å²) in [7, 11) is 0. The summed E-state index contributed by atoms with van der Waals surface area (Å²) in [6, 6.07) is 7.34. The van der Waals surface area contributed by atoms with Crippen LogP contribution in [0.1, 0.15) is 23.0 Å². The van der Waals surface area contributed by atoms with E-state index in [1.54, 1.807) is 12.1 Å². The van der Waals surface area contributed by atoms with E-state index in [0.29, 0.717) is 31.8 Å². The summed E-state index contributed by atoms with van der Waals surface area (Å²) >= 11 is 0. The first kappa shape index (κ1) is 17.6. The number of nitrogens with two attached hydrogens (primary N) is 1. The largest absolute Gasteiger partial charge is 0.374 e. The van der Waals surface area contributed by atoms with Crippen LogP contribution in [0.4, 0.5) is 4.39 Å². The van der Waals surface area contributed by atoms with E-state index in [1.165, 1.54) is 12.1 Å². The van der Waals surface area contributed by atoms with E-state index >= 15 is 0 Å². The van der Waals surface area contributed by atoms with Crippen LogP contribution in [0.25, 0.3) is 0 Å². The molecule has 1 aliphatic rings. The summed E-state index contributed by atoms with van der Waals surface area (Å²) in [5.41, 5.74) is 8.36. The van der Waals surface area contributed by atoms with Gasteiger partial charge in [0.2, 0.25) is 5.91 Å². The highest BCUT2D eigenvalue weighted by Crippen LogP contribution is 2.24. The minimum Gasteiger partial charge on any atom is -0.374 e. The molecule has 1 aliphatic heterocycles. The molecule has 2 N–H and O–H groups in total. The maximum atomic E-state index is 13.2. The molecule has 1 aromatic heterocycles. The van der Waals surface area contributed by atoms with Crippen LogP contribution in [0.3, 0.4) is 0 Å². The quantitative estimate of drug-likeness (QED) is 0.892. The van der Waals surface area contributed by atoms with Crippen LogP contribution in [0.5, 0.6) is 0 Å². The standard InChI is InChI=1S/C18H23FN4O2/c1-12-9-13(2)23(21-12)11-16-10-22(7-8-25-16)17(18(20)24)14-3-5-15(19)6-4-14/h3-6,9,16-17H,7-8,10-11H2,1-2H3,(H2,20,24)/t16-,17-/m0/s1. The van der Waals surface area contributed by atoms with Gasteiger partial charge in [-0.05, 0) is 37.6 Å². The van der Waals surface area contributed by atoms with Gasteiger partial charge in [0.15, 0.2) is 0 Å². The first-order valence-electron chi connectivity index (χ1n) is 8.35. The number of nitrogens with zero attached hydrogens (tertiary/aromatic N) is 3. The van der Waals surface area contributed by atoms with Gasteiger partial charge in [0, 0.05) is 18.8 Å². The number of carbonyl (C=O) groups excluding carboxylic acids is 1. The fourth-order valence-electron chi connectivity index (χ4n) is 3.34. The van der Waals surface area contributed by atoms with Crippen molar-refractivity contribution in [2.45, 2.75) is 32.5 Å². The lowest BCUT2D eigenvalue weighted by molar-refractivity contribution is -0.127. The van der Waals surface area contributed by atoms with E-state index in [-0.39, 0.29) is 11.9 Å². The van der Waals surface area contributed by atoms with E-state index < -0.39 is 11.9 Å². The molecule has 134 valence electrons. The summed E-state index contributed by atoms with van der Waals surface area (Å²) in [5.74, 6) is -0.783. The van der Waals surface area contributed by atoms with Crippen LogP contribution in [-0.2, 0) is 16.1 Å². The summed E-state index contributed by atoms with van der Waals surface area (Å²) in [5, 5.41) is 4.46. The Labute approximate surface area is 146 Å². The molecule has 1 fully saturated rings. The second-order valence-corrected chi connectivity index (χ2v) is 6.45. The van der Waals surface area contributed by atoms with Gasteiger partial charge in [-0.15, -0.1) is 0 Å². The van der Waals surface area contributed by atoms with Gasteiger partial charge in [0.25, 0.3) is 0 Å². The third kappa shape index (κ3) is 4.05. The minimum atomic E-state index is -0.590. The van der Waals surface area contributed by atoms with Crippen molar-refractivity contribution in [3.63, 3.8) is 0 Å². The van der Waals surface area contributed by atoms with Crippen molar-refractivity contribution in [2.75, 3.05) is 19.7 Å². The lowest BCUT2D eigenvalue weighted by Gasteiger charge is -2.37. The molecule has 6 nitrogen and oxygen atoms in total. The van der Waals surface area contributed by atoms with Crippen LogP contribution in [0.2, 0.25) is 0 Å². The third-order valence-corrected chi connectivity index (χ3v) is 4.47. The van der Waals surface area contributed by atoms with Gasteiger partial charge in [-0.3, -0.25) is 14.4 Å². The maximum Gasteiger partial charge on any atom is 0.239 e. The lowest BCUT2D eigenvalue weighted by Crippen LogP contribution is -2.49. The molecule has 1 amide bonds. The number of carbonyl (C=O) groups is 1. The molecule has 2 heterocycles. The average molecular weight is 346 g/mol. The van der Waals surface area contributed by atoms with E-state index in [1.807, 2.05) is 29.5 Å². The van der Waals surface area contributed by atoms with Crippen LogP contribution >= 0.6 is 0 Å². The zero-order valence-electron chi connectivity index (χ0n) is 14.5. The fourth-order valence-corrected chi connectivity index (χ4v) is 3.34. The average Bonchev–Trinajstić information content (AvgIpc) is 2.87. The summed E-state index contributed by atoms with van der Waals surface area (Å²) in [6.45, 7) is 6.24. The van der Waals surface area contributed by atoms with Crippen LogP contribution in [0, 0.1) is 19.7 Å². The monoisotopic (exact) mass is 346 g/mol. The van der Waals surface area contributed by atoms with Crippen LogP contribution in [-0.4, -0.2) is 46.4 Å². The predicted molar refractivity (Wildman–Crippen MR) is 91.3 cm³/mol. The lowest BCUT2D eigenvalue weighted by atomic mass is 10.0. The fraction of sp³-hybridized carbons (Fsp3) is 0.444. The Bertz CT molecular complexity index is 744. The number of hydrogen-bond donors (Lipinski definition) is 1. The Morgan fingerprint density at radius 1 is 1.40 bits per heavy atom. The first-order chi connectivity index (χ1) is 11.9. The zero-order valence-corrected chi connectivity index (χ0v) is 14.5. The molecule has 2 aromatic rings. The molecule has 1 saturated heterocycles. The molecule has 0 aliphatic carbocycles. The van der Waals surface area contributed by atoms with E-state index in [0.717, 1.165) is 11.4 Å². The van der Waals surface area contributed by atoms with Crippen molar-refractivity contribution in [1.82, 2.24) is 14.7 Å². The van der Waals surface area contributed by atoms with Gasteiger partial charge in [-0.25, -0.2) is 4.39 Å². The Morgan fingerprint density at radius 3 is 2.72 bits per heavy atom. The Kier molecular flexibility index (Phi) is 5.15. The molecule has 25 heavy (non-hydrogen) atoms. The van der Waals surface area contributed by atoms with Crippen LogP contribution in [0.15, 0.2) is 30.3 Å². The molecular weight excluding hydrogens is 323 g/mol. The topological polar surface area (TPSA) is 73.4 Å². The Morgan fingerprint density at radius 2 is 2.12 bits per heavy atom. The molecule has 0 saturated carbocycles. The molecule has 7 heteroatoms. The van der Waals surface area contributed by atoms with E-state index in [2.05, 4.69) is 5.10 Å². The second kappa shape index (κ2) is 7.33. The normalized spacial score (nSPS) is 19.7. The summed E-state index contributed by atoms with van der Waals surface area (Å²) in [6.07, 6.45) is -0.0888. The van der Waals surface area contributed by atoms with Gasteiger partial charge < -0.3 is 10.5 Å². The smallest absolute Gasteiger partial charge is 0.239 e. The van der Waals surface area contributed by atoms with Gasteiger partial charge in [-0.1, -0.05) is 12.1 Å². The maximum absolute atomic E-state index is 13.2. The van der Waals surface area contributed by atoms with Crippen molar-refractivity contribution in [3.8, 4) is 0 Å². The predicted octanol–water partition coefficient (Wildman–Crippen LogP) is 1.57. The minimum absolute atomic E-state index is 0.0888. The highest BCUT2D eigenvalue weighted by molar-refractivity contribution is 5.81.